The first kappa shape index (κ1) is 12.9. The highest BCUT2D eigenvalue weighted by atomic mass is 15.4. The number of imidazole rings is 1. The molecule has 1 atom stereocenters. The Morgan fingerprint density at radius 1 is 1.28 bits per heavy atom. The summed E-state index contributed by atoms with van der Waals surface area (Å²) in [6.07, 6.45) is 1.04. The van der Waals surface area contributed by atoms with Crippen LogP contribution in [0.25, 0.3) is 11.2 Å². The molecule has 0 aliphatic heterocycles. The fourth-order valence-corrected chi connectivity index (χ4v) is 2.71. The van der Waals surface area contributed by atoms with Crippen molar-refractivity contribution in [2.45, 2.75) is 53.6 Å². The molecule has 0 amide bonds. The summed E-state index contributed by atoms with van der Waals surface area (Å²) in [5.74, 6) is 1.13. The lowest BCUT2D eigenvalue weighted by atomic mass is 10.0. The van der Waals surface area contributed by atoms with Crippen molar-refractivity contribution in [3.63, 3.8) is 0 Å². The third-order valence-corrected chi connectivity index (χ3v) is 3.59. The molecule has 0 radical (unpaired) electrons. The van der Waals surface area contributed by atoms with Crippen molar-refractivity contribution in [1.82, 2.24) is 19.3 Å². The lowest BCUT2D eigenvalue weighted by Gasteiger charge is -2.22. The number of anilines is 1. The van der Waals surface area contributed by atoms with Crippen molar-refractivity contribution >= 4 is 17.1 Å². The van der Waals surface area contributed by atoms with Gasteiger partial charge in [-0.25, -0.2) is 9.67 Å². The van der Waals surface area contributed by atoms with E-state index in [1.165, 1.54) is 0 Å². The minimum absolute atomic E-state index is 0.372. The van der Waals surface area contributed by atoms with Gasteiger partial charge in [-0.15, -0.1) is 0 Å². The topological polar surface area (TPSA) is 61.7 Å². The first-order valence-corrected chi connectivity index (χ1v) is 6.72. The van der Waals surface area contributed by atoms with Gasteiger partial charge in [-0.05, 0) is 26.2 Å². The van der Waals surface area contributed by atoms with Crippen molar-refractivity contribution in [2.75, 3.05) is 5.73 Å². The Kier molecular flexibility index (Phi) is 3.32. The van der Waals surface area contributed by atoms with E-state index in [1.54, 1.807) is 0 Å². The smallest absolute Gasteiger partial charge is 0.202 e. The molecular weight excluding hydrogens is 226 g/mol. The SMILES string of the molecule is CCC(C(C)C)n1c(N)nc2c(C)nn(CC)c21. The van der Waals surface area contributed by atoms with E-state index < -0.39 is 0 Å². The predicted octanol–water partition coefficient (Wildman–Crippen LogP) is 2.75. The molecule has 1 unspecified atom stereocenters. The van der Waals surface area contributed by atoms with E-state index in [0.717, 1.165) is 29.8 Å². The van der Waals surface area contributed by atoms with Crippen molar-refractivity contribution in [3.05, 3.63) is 5.69 Å². The van der Waals surface area contributed by atoms with E-state index in [4.69, 9.17) is 5.73 Å². The quantitative estimate of drug-likeness (QED) is 0.906. The lowest BCUT2D eigenvalue weighted by molar-refractivity contribution is 0.372. The summed E-state index contributed by atoms with van der Waals surface area (Å²) < 4.78 is 4.16. The molecule has 5 heteroatoms. The van der Waals surface area contributed by atoms with Gasteiger partial charge in [0.2, 0.25) is 5.95 Å². The highest BCUT2D eigenvalue weighted by Crippen LogP contribution is 2.30. The maximum Gasteiger partial charge on any atom is 0.202 e. The second kappa shape index (κ2) is 4.63. The van der Waals surface area contributed by atoms with Gasteiger partial charge in [0.25, 0.3) is 0 Å². The molecule has 0 aliphatic carbocycles. The summed E-state index contributed by atoms with van der Waals surface area (Å²) in [6, 6.07) is 0.372. The van der Waals surface area contributed by atoms with Crippen LogP contribution in [0.3, 0.4) is 0 Å². The van der Waals surface area contributed by atoms with E-state index in [1.807, 2.05) is 11.6 Å². The van der Waals surface area contributed by atoms with Gasteiger partial charge in [0.1, 0.15) is 5.52 Å². The van der Waals surface area contributed by atoms with Gasteiger partial charge >= 0.3 is 0 Å². The van der Waals surface area contributed by atoms with E-state index in [0.29, 0.717) is 17.9 Å². The Labute approximate surface area is 108 Å². The Bertz CT molecular complexity index is 549. The number of hydrogen-bond acceptors (Lipinski definition) is 3. The Balaban J connectivity index is 2.72. The summed E-state index contributed by atoms with van der Waals surface area (Å²) in [6.45, 7) is 11.6. The number of hydrogen-bond donors (Lipinski definition) is 1. The molecule has 2 rings (SSSR count). The molecule has 0 saturated carbocycles. The molecule has 0 bridgehead atoms. The standard InChI is InChI=1S/C13H23N5/c1-6-10(8(3)4)18-12-11(15-13(18)14)9(5)16-17(12)7-2/h8,10H,6-7H2,1-5H3,(H2,14,15). The van der Waals surface area contributed by atoms with Crippen molar-refractivity contribution < 1.29 is 0 Å². The van der Waals surface area contributed by atoms with Crippen LogP contribution in [0.15, 0.2) is 0 Å². The van der Waals surface area contributed by atoms with Crippen LogP contribution in [-0.4, -0.2) is 19.3 Å². The summed E-state index contributed by atoms with van der Waals surface area (Å²) in [5.41, 5.74) is 9.07. The monoisotopic (exact) mass is 249 g/mol. The van der Waals surface area contributed by atoms with Crippen LogP contribution in [0.5, 0.6) is 0 Å². The minimum atomic E-state index is 0.372. The van der Waals surface area contributed by atoms with Crippen LogP contribution in [0.4, 0.5) is 5.95 Å². The van der Waals surface area contributed by atoms with Gasteiger partial charge in [0.15, 0.2) is 5.65 Å². The minimum Gasteiger partial charge on any atom is -0.369 e. The average Bonchev–Trinajstić information content (AvgIpc) is 2.79. The van der Waals surface area contributed by atoms with Crippen molar-refractivity contribution in [3.8, 4) is 0 Å². The second-order valence-corrected chi connectivity index (χ2v) is 5.13. The summed E-state index contributed by atoms with van der Waals surface area (Å²) in [7, 11) is 0. The summed E-state index contributed by atoms with van der Waals surface area (Å²) >= 11 is 0. The number of nitrogen functional groups attached to an aromatic ring is 1. The lowest BCUT2D eigenvalue weighted by Crippen LogP contribution is -2.18. The molecule has 0 spiro atoms. The molecule has 5 nitrogen and oxygen atoms in total. The van der Waals surface area contributed by atoms with E-state index >= 15 is 0 Å². The number of nitrogens with two attached hydrogens (primary N) is 1. The fourth-order valence-electron chi connectivity index (χ4n) is 2.71. The Hall–Kier alpha value is -1.52. The Morgan fingerprint density at radius 3 is 2.44 bits per heavy atom. The third-order valence-electron chi connectivity index (χ3n) is 3.59. The number of fused-ring (bicyclic) bond motifs is 1. The molecule has 2 N–H and O–H groups in total. The number of nitrogens with zero attached hydrogens (tertiary/aromatic N) is 4. The third kappa shape index (κ3) is 1.78. The zero-order chi connectivity index (χ0) is 13.4. The molecule has 0 aromatic carbocycles. The second-order valence-electron chi connectivity index (χ2n) is 5.13. The largest absolute Gasteiger partial charge is 0.369 e. The van der Waals surface area contributed by atoms with Crippen molar-refractivity contribution in [2.24, 2.45) is 5.92 Å². The molecule has 2 heterocycles. The molecule has 2 aromatic rings. The molecular formula is C13H23N5. The highest BCUT2D eigenvalue weighted by Gasteiger charge is 2.23. The van der Waals surface area contributed by atoms with Gasteiger partial charge in [0.05, 0.1) is 5.69 Å². The first-order chi connectivity index (χ1) is 8.51. The van der Waals surface area contributed by atoms with Crippen LogP contribution < -0.4 is 5.73 Å². The fraction of sp³-hybridized carbons (Fsp3) is 0.692. The maximum absolute atomic E-state index is 6.12. The summed E-state index contributed by atoms with van der Waals surface area (Å²) in [5, 5.41) is 4.52. The van der Waals surface area contributed by atoms with Crippen LogP contribution in [0.1, 0.15) is 45.9 Å². The van der Waals surface area contributed by atoms with Gasteiger partial charge in [-0.2, -0.15) is 5.10 Å². The Morgan fingerprint density at radius 2 is 1.94 bits per heavy atom. The predicted molar refractivity (Wildman–Crippen MR) is 74.5 cm³/mol. The van der Waals surface area contributed by atoms with Gasteiger partial charge in [0, 0.05) is 12.6 Å². The zero-order valence-electron chi connectivity index (χ0n) is 11.9. The van der Waals surface area contributed by atoms with Crippen LogP contribution in [0.2, 0.25) is 0 Å². The molecule has 0 fully saturated rings. The number of rotatable bonds is 4. The number of aromatic nitrogens is 4. The molecule has 0 aliphatic rings. The number of aryl methyl sites for hydroxylation is 2. The van der Waals surface area contributed by atoms with E-state index in [-0.39, 0.29) is 0 Å². The molecule has 100 valence electrons. The van der Waals surface area contributed by atoms with Gasteiger partial charge < -0.3 is 5.73 Å². The average molecular weight is 249 g/mol. The summed E-state index contributed by atoms with van der Waals surface area (Å²) in [4.78, 5) is 4.49. The highest BCUT2D eigenvalue weighted by molar-refractivity contribution is 5.77. The molecule has 0 saturated heterocycles. The molecule has 18 heavy (non-hydrogen) atoms. The first-order valence-electron chi connectivity index (χ1n) is 6.72. The van der Waals surface area contributed by atoms with Gasteiger partial charge in [-0.3, -0.25) is 4.57 Å². The zero-order valence-corrected chi connectivity index (χ0v) is 11.9. The van der Waals surface area contributed by atoms with Crippen molar-refractivity contribution in [1.29, 1.82) is 0 Å². The van der Waals surface area contributed by atoms with Gasteiger partial charge in [-0.1, -0.05) is 20.8 Å². The normalized spacial score (nSPS) is 13.7. The maximum atomic E-state index is 6.12. The molecule has 2 aromatic heterocycles. The van der Waals surface area contributed by atoms with Crippen LogP contribution in [-0.2, 0) is 6.54 Å². The van der Waals surface area contributed by atoms with Crippen LogP contribution >= 0.6 is 0 Å². The van der Waals surface area contributed by atoms with Crippen LogP contribution in [0, 0.1) is 12.8 Å². The van der Waals surface area contributed by atoms with E-state index in [9.17, 15) is 0 Å². The van der Waals surface area contributed by atoms with E-state index in [2.05, 4.69) is 42.3 Å².